The van der Waals surface area contributed by atoms with Crippen molar-refractivity contribution in [2.45, 2.75) is 45.3 Å². The van der Waals surface area contributed by atoms with Gasteiger partial charge in [0.05, 0.1) is 0 Å². The van der Waals surface area contributed by atoms with E-state index in [4.69, 9.17) is 4.74 Å². The quantitative estimate of drug-likeness (QED) is 0.721. The molecule has 1 saturated heterocycles. The summed E-state index contributed by atoms with van der Waals surface area (Å²) in [6.45, 7) is 9.27. The Morgan fingerprint density at radius 1 is 1.47 bits per heavy atom. The van der Waals surface area contributed by atoms with Crippen LogP contribution in [0.1, 0.15) is 34.1 Å². The van der Waals surface area contributed by atoms with Crippen LogP contribution in [-0.2, 0) is 4.74 Å². The highest BCUT2D eigenvalue weighted by atomic mass is 16.6. The fourth-order valence-electron chi connectivity index (χ4n) is 1.65. The van der Waals surface area contributed by atoms with Crippen LogP contribution in [0.15, 0.2) is 0 Å². The van der Waals surface area contributed by atoms with Crippen LogP contribution in [0.5, 0.6) is 0 Å². The third-order valence-corrected chi connectivity index (χ3v) is 2.73. The molecule has 0 bridgehead atoms. The van der Waals surface area contributed by atoms with Gasteiger partial charge in [-0.1, -0.05) is 0 Å². The van der Waals surface area contributed by atoms with Gasteiger partial charge in [-0.2, -0.15) is 0 Å². The smallest absolute Gasteiger partial charge is 0.410 e. The molecule has 1 fully saturated rings. The number of carbonyl (C=O) groups is 1. The summed E-state index contributed by atoms with van der Waals surface area (Å²) >= 11 is 0. The SMILES string of the molecule is CN[C@@]1(C)CCN(C(=O)OC(C)(C)C)C1. The van der Waals surface area contributed by atoms with E-state index in [9.17, 15) is 4.79 Å². The number of nitrogens with zero attached hydrogens (tertiary/aromatic N) is 1. The topological polar surface area (TPSA) is 41.6 Å². The first-order valence-corrected chi connectivity index (χ1v) is 5.43. The number of hydrogen-bond acceptors (Lipinski definition) is 3. The van der Waals surface area contributed by atoms with Crippen LogP contribution in [-0.4, -0.2) is 42.3 Å². The Morgan fingerprint density at radius 3 is 2.47 bits per heavy atom. The van der Waals surface area contributed by atoms with Crippen LogP contribution in [0.2, 0.25) is 0 Å². The first kappa shape index (κ1) is 12.3. The zero-order valence-electron chi connectivity index (χ0n) is 10.4. The maximum atomic E-state index is 11.7. The molecule has 1 atom stereocenters. The number of carbonyl (C=O) groups excluding carboxylic acids is 1. The summed E-state index contributed by atoms with van der Waals surface area (Å²) in [7, 11) is 1.93. The second-order valence-electron chi connectivity index (χ2n) is 5.46. The molecule has 1 heterocycles. The second kappa shape index (κ2) is 4.00. The zero-order chi connectivity index (χ0) is 11.7. The maximum Gasteiger partial charge on any atom is 0.410 e. The summed E-state index contributed by atoms with van der Waals surface area (Å²) in [4.78, 5) is 13.5. The van der Waals surface area contributed by atoms with Gasteiger partial charge in [0.25, 0.3) is 0 Å². The summed E-state index contributed by atoms with van der Waals surface area (Å²) in [6, 6.07) is 0. The number of amides is 1. The molecule has 1 N–H and O–H groups in total. The summed E-state index contributed by atoms with van der Waals surface area (Å²) in [5, 5.41) is 3.24. The molecule has 88 valence electrons. The van der Waals surface area contributed by atoms with Crippen molar-refractivity contribution in [1.82, 2.24) is 10.2 Å². The first-order chi connectivity index (χ1) is 6.76. The summed E-state index contributed by atoms with van der Waals surface area (Å²) in [5.41, 5.74) is -0.368. The molecule has 1 aliphatic rings. The predicted molar refractivity (Wildman–Crippen MR) is 59.9 cm³/mol. The Morgan fingerprint density at radius 2 is 2.07 bits per heavy atom. The Hall–Kier alpha value is -0.770. The van der Waals surface area contributed by atoms with Crippen LogP contribution in [0.3, 0.4) is 0 Å². The summed E-state index contributed by atoms with van der Waals surface area (Å²) in [6.07, 6.45) is 0.768. The van der Waals surface area contributed by atoms with Crippen LogP contribution < -0.4 is 5.32 Å². The van der Waals surface area contributed by atoms with Crippen LogP contribution in [0.25, 0.3) is 0 Å². The number of hydrogen-bond donors (Lipinski definition) is 1. The number of ether oxygens (including phenoxy) is 1. The molecule has 0 aromatic rings. The molecule has 4 heteroatoms. The highest BCUT2D eigenvalue weighted by Gasteiger charge is 2.36. The van der Waals surface area contributed by atoms with Gasteiger partial charge in [0.15, 0.2) is 0 Å². The van der Waals surface area contributed by atoms with E-state index in [0.717, 1.165) is 19.5 Å². The lowest BCUT2D eigenvalue weighted by Gasteiger charge is -2.26. The van der Waals surface area contributed by atoms with Crippen molar-refractivity contribution in [3.8, 4) is 0 Å². The number of likely N-dealkylation sites (tertiary alicyclic amines) is 1. The van der Waals surface area contributed by atoms with Gasteiger partial charge in [-0.3, -0.25) is 0 Å². The second-order valence-corrected chi connectivity index (χ2v) is 5.46. The zero-order valence-corrected chi connectivity index (χ0v) is 10.4. The van der Waals surface area contributed by atoms with Crippen molar-refractivity contribution >= 4 is 6.09 Å². The van der Waals surface area contributed by atoms with Crippen molar-refractivity contribution in [2.75, 3.05) is 20.1 Å². The third kappa shape index (κ3) is 3.38. The van der Waals surface area contributed by atoms with E-state index in [2.05, 4.69) is 12.2 Å². The first-order valence-electron chi connectivity index (χ1n) is 5.43. The van der Waals surface area contributed by atoms with E-state index in [1.54, 1.807) is 4.90 Å². The average Bonchev–Trinajstić information content (AvgIpc) is 2.46. The Balaban J connectivity index is 2.51. The normalized spacial score (nSPS) is 26.9. The number of nitrogens with one attached hydrogen (secondary N) is 1. The van der Waals surface area contributed by atoms with E-state index in [1.165, 1.54) is 0 Å². The molecule has 0 saturated carbocycles. The molecular formula is C11H22N2O2. The van der Waals surface area contributed by atoms with E-state index in [1.807, 2.05) is 27.8 Å². The molecule has 4 nitrogen and oxygen atoms in total. The highest BCUT2D eigenvalue weighted by Crippen LogP contribution is 2.22. The van der Waals surface area contributed by atoms with Gasteiger partial charge < -0.3 is 15.0 Å². The lowest BCUT2D eigenvalue weighted by Crippen LogP contribution is -2.44. The Bertz CT molecular complexity index is 247. The van der Waals surface area contributed by atoms with Gasteiger partial charge in [-0.05, 0) is 41.2 Å². The molecule has 1 rings (SSSR count). The molecule has 0 aromatic heterocycles. The largest absolute Gasteiger partial charge is 0.444 e. The minimum Gasteiger partial charge on any atom is -0.444 e. The third-order valence-electron chi connectivity index (χ3n) is 2.73. The Labute approximate surface area is 92.0 Å². The fraction of sp³-hybridized carbons (Fsp3) is 0.909. The fourth-order valence-corrected chi connectivity index (χ4v) is 1.65. The van der Waals surface area contributed by atoms with Gasteiger partial charge in [0.2, 0.25) is 0 Å². The number of likely N-dealkylation sites (N-methyl/N-ethyl adjacent to an activating group) is 1. The molecule has 0 unspecified atom stereocenters. The minimum absolute atomic E-state index is 0.0386. The van der Waals surface area contributed by atoms with Crippen molar-refractivity contribution in [1.29, 1.82) is 0 Å². The molecule has 0 aliphatic carbocycles. The van der Waals surface area contributed by atoms with E-state index in [-0.39, 0.29) is 11.6 Å². The lowest BCUT2D eigenvalue weighted by molar-refractivity contribution is 0.0283. The standard InChI is InChI=1S/C11H22N2O2/c1-10(2,3)15-9(14)13-7-6-11(4,8-13)12-5/h12H,6-8H2,1-5H3/t11-/m0/s1. The summed E-state index contributed by atoms with van der Waals surface area (Å²) < 4.78 is 5.32. The number of rotatable bonds is 1. The van der Waals surface area contributed by atoms with Gasteiger partial charge in [0, 0.05) is 18.6 Å². The highest BCUT2D eigenvalue weighted by molar-refractivity contribution is 5.68. The van der Waals surface area contributed by atoms with E-state index in [0.29, 0.717) is 0 Å². The molecule has 15 heavy (non-hydrogen) atoms. The molecule has 0 aromatic carbocycles. The molecule has 0 radical (unpaired) electrons. The van der Waals surface area contributed by atoms with E-state index < -0.39 is 5.60 Å². The molecular weight excluding hydrogens is 192 g/mol. The van der Waals surface area contributed by atoms with Crippen molar-refractivity contribution < 1.29 is 9.53 Å². The lowest BCUT2D eigenvalue weighted by atomic mass is 10.0. The van der Waals surface area contributed by atoms with Crippen molar-refractivity contribution in [3.05, 3.63) is 0 Å². The average molecular weight is 214 g/mol. The Kier molecular flexibility index (Phi) is 3.28. The monoisotopic (exact) mass is 214 g/mol. The van der Waals surface area contributed by atoms with Crippen LogP contribution in [0, 0.1) is 0 Å². The maximum absolute atomic E-state index is 11.7. The molecule has 1 aliphatic heterocycles. The molecule has 1 amide bonds. The summed E-state index contributed by atoms with van der Waals surface area (Å²) in [5.74, 6) is 0. The van der Waals surface area contributed by atoms with Crippen LogP contribution in [0.4, 0.5) is 4.79 Å². The van der Waals surface area contributed by atoms with Crippen LogP contribution >= 0.6 is 0 Å². The van der Waals surface area contributed by atoms with Gasteiger partial charge in [-0.15, -0.1) is 0 Å². The van der Waals surface area contributed by atoms with E-state index >= 15 is 0 Å². The predicted octanol–water partition coefficient (Wildman–Crippen LogP) is 1.61. The van der Waals surface area contributed by atoms with Gasteiger partial charge in [-0.25, -0.2) is 4.79 Å². The minimum atomic E-state index is -0.407. The van der Waals surface area contributed by atoms with Gasteiger partial charge >= 0.3 is 6.09 Å². The van der Waals surface area contributed by atoms with Gasteiger partial charge in [0.1, 0.15) is 5.60 Å². The molecule has 0 spiro atoms. The van der Waals surface area contributed by atoms with Crippen molar-refractivity contribution in [2.24, 2.45) is 0 Å². The van der Waals surface area contributed by atoms with Crippen molar-refractivity contribution in [3.63, 3.8) is 0 Å².